The summed E-state index contributed by atoms with van der Waals surface area (Å²) in [4.78, 5) is 13.9. The first kappa shape index (κ1) is 12.9. The molecular weight excluding hydrogens is 224 g/mol. The van der Waals surface area contributed by atoms with E-state index < -0.39 is 0 Å². The van der Waals surface area contributed by atoms with E-state index in [1.807, 2.05) is 4.90 Å². The van der Waals surface area contributed by atoms with Crippen LogP contribution in [0.15, 0.2) is 18.2 Å². The number of aryl methyl sites for hydroxylation is 2. The summed E-state index contributed by atoms with van der Waals surface area (Å²) in [5.74, 6) is 0.220. The van der Waals surface area contributed by atoms with E-state index >= 15 is 0 Å². The fourth-order valence-corrected chi connectivity index (χ4v) is 2.52. The van der Waals surface area contributed by atoms with Crippen LogP contribution in [0.5, 0.6) is 0 Å². The zero-order valence-electron chi connectivity index (χ0n) is 11.3. The molecule has 0 unspecified atom stereocenters. The van der Waals surface area contributed by atoms with E-state index in [1.165, 1.54) is 11.1 Å². The molecule has 0 atom stereocenters. The van der Waals surface area contributed by atoms with Crippen molar-refractivity contribution in [3.05, 3.63) is 29.3 Å². The highest BCUT2D eigenvalue weighted by atomic mass is 16.2. The predicted molar refractivity (Wildman–Crippen MR) is 74.9 cm³/mol. The van der Waals surface area contributed by atoms with E-state index in [0.29, 0.717) is 6.54 Å². The standard InChI is InChI=1S/C15H22N2O/c1-3-13-8-6-7-12(2)15(13)16-11-14(18)17-9-4-5-10-17/h6-8,16H,3-5,9-11H2,1-2H3. The molecule has 0 spiro atoms. The van der Waals surface area contributed by atoms with E-state index in [1.54, 1.807) is 0 Å². The van der Waals surface area contributed by atoms with Crippen molar-refractivity contribution < 1.29 is 4.79 Å². The van der Waals surface area contributed by atoms with Crippen LogP contribution in [0.2, 0.25) is 0 Å². The van der Waals surface area contributed by atoms with Crippen molar-refractivity contribution in [2.75, 3.05) is 25.0 Å². The second kappa shape index (κ2) is 5.89. The molecule has 1 amide bonds. The minimum atomic E-state index is 0.220. The highest BCUT2D eigenvalue weighted by molar-refractivity contribution is 5.81. The monoisotopic (exact) mass is 246 g/mol. The molecule has 0 radical (unpaired) electrons. The lowest BCUT2D eigenvalue weighted by atomic mass is 10.1. The summed E-state index contributed by atoms with van der Waals surface area (Å²) in [6.45, 7) is 6.49. The minimum absolute atomic E-state index is 0.220. The van der Waals surface area contributed by atoms with Gasteiger partial charge in [0.05, 0.1) is 6.54 Å². The van der Waals surface area contributed by atoms with Gasteiger partial charge in [0.15, 0.2) is 0 Å². The molecule has 18 heavy (non-hydrogen) atoms. The van der Waals surface area contributed by atoms with E-state index in [0.717, 1.165) is 38.0 Å². The molecule has 3 nitrogen and oxygen atoms in total. The number of hydrogen-bond donors (Lipinski definition) is 1. The Kier molecular flexibility index (Phi) is 4.24. The molecule has 0 bridgehead atoms. The summed E-state index contributed by atoms with van der Waals surface area (Å²) in [6.07, 6.45) is 3.29. The van der Waals surface area contributed by atoms with Crippen molar-refractivity contribution >= 4 is 11.6 Å². The fraction of sp³-hybridized carbons (Fsp3) is 0.533. The summed E-state index contributed by atoms with van der Waals surface area (Å²) < 4.78 is 0. The average molecular weight is 246 g/mol. The van der Waals surface area contributed by atoms with Gasteiger partial charge < -0.3 is 10.2 Å². The first-order valence-corrected chi connectivity index (χ1v) is 6.82. The average Bonchev–Trinajstić information content (AvgIpc) is 2.90. The minimum Gasteiger partial charge on any atom is -0.376 e. The number of nitrogens with zero attached hydrogens (tertiary/aromatic N) is 1. The third-order valence-electron chi connectivity index (χ3n) is 3.62. The van der Waals surface area contributed by atoms with Crippen molar-refractivity contribution in [1.82, 2.24) is 4.90 Å². The molecule has 1 N–H and O–H groups in total. The van der Waals surface area contributed by atoms with Crippen LogP contribution in [0.1, 0.15) is 30.9 Å². The Morgan fingerprint density at radius 3 is 2.72 bits per heavy atom. The summed E-state index contributed by atoms with van der Waals surface area (Å²) in [6, 6.07) is 6.28. The quantitative estimate of drug-likeness (QED) is 0.885. The number of benzene rings is 1. The molecule has 1 saturated heterocycles. The first-order valence-electron chi connectivity index (χ1n) is 6.82. The van der Waals surface area contributed by atoms with Crippen molar-refractivity contribution in [1.29, 1.82) is 0 Å². The summed E-state index contributed by atoms with van der Waals surface area (Å²) >= 11 is 0. The second-order valence-corrected chi connectivity index (χ2v) is 4.90. The van der Waals surface area contributed by atoms with Gasteiger partial charge in [0, 0.05) is 18.8 Å². The molecule has 1 fully saturated rings. The van der Waals surface area contributed by atoms with Gasteiger partial charge in [0.2, 0.25) is 5.91 Å². The molecule has 2 rings (SSSR count). The van der Waals surface area contributed by atoms with Crippen LogP contribution in [0, 0.1) is 6.92 Å². The Hall–Kier alpha value is -1.51. The number of amides is 1. The predicted octanol–water partition coefficient (Wildman–Crippen LogP) is 2.59. The van der Waals surface area contributed by atoms with Gasteiger partial charge in [0.25, 0.3) is 0 Å². The van der Waals surface area contributed by atoms with Crippen LogP contribution in [0.4, 0.5) is 5.69 Å². The van der Waals surface area contributed by atoms with Gasteiger partial charge in [-0.25, -0.2) is 0 Å². The van der Waals surface area contributed by atoms with Gasteiger partial charge in [-0.1, -0.05) is 25.1 Å². The number of rotatable bonds is 4. The molecule has 1 aromatic rings. The van der Waals surface area contributed by atoms with Crippen LogP contribution in [0.25, 0.3) is 0 Å². The maximum absolute atomic E-state index is 12.0. The third kappa shape index (κ3) is 2.84. The molecule has 0 saturated carbocycles. The Morgan fingerprint density at radius 1 is 1.33 bits per heavy atom. The molecule has 98 valence electrons. The van der Waals surface area contributed by atoms with Gasteiger partial charge in [-0.3, -0.25) is 4.79 Å². The van der Waals surface area contributed by atoms with Crippen molar-refractivity contribution in [3.8, 4) is 0 Å². The topological polar surface area (TPSA) is 32.3 Å². The molecule has 0 aromatic heterocycles. The Morgan fingerprint density at radius 2 is 2.06 bits per heavy atom. The lowest BCUT2D eigenvalue weighted by Crippen LogP contribution is -2.33. The van der Waals surface area contributed by atoms with Crippen LogP contribution in [-0.4, -0.2) is 30.4 Å². The summed E-state index contributed by atoms with van der Waals surface area (Å²) in [5.41, 5.74) is 3.63. The van der Waals surface area contributed by atoms with E-state index in [-0.39, 0.29) is 5.91 Å². The Balaban J connectivity index is 1.99. The molecule has 1 aliphatic rings. The number of carbonyl (C=O) groups is 1. The lowest BCUT2D eigenvalue weighted by molar-refractivity contribution is -0.128. The first-order chi connectivity index (χ1) is 8.72. The molecule has 3 heteroatoms. The second-order valence-electron chi connectivity index (χ2n) is 4.90. The van der Waals surface area contributed by atoms with Gasteiger partial charge in [-0.05, 0) is 37.3 Å². The Bertz CT molecular complexity index is 423. The molecular formula is C15H22N2O. The van der Waals surface area contributed by atoms with Crippen LogP contribution in [0.3, 0.4) is 0 Å². The number of carbonyl (C=O) groups excluding carboxylic acids is 1. The largest absolute Gasteiger partial charge is 0.376 e. The lowest BCUT2D eigenvalue weighted by Gasteiger charge is -2.18. The molecule has 1 aromatic carbocycles. The Labute approximate surface area is 109 Å². The van der Waals surface area contributed by atoms with Gasteiger partial charge >= 0.3 is 0 Å². The van der Waals surface area contributed by atoms with E-state index in [4.69, 9.17) is 0 Å². The maximum Gasteiger partial charge on any atom is 0.241 e. The number of anilines is 1. The number of hydrogen-bond acceptors (Lipinski definition) is 2. The summed E-state index contributed by atoms with van der Waals surface area (Å²) in [7, 11) is 0. The molecule has 1 aliphatic heterocycles. The van der Waals surface area contributed by atoms with Gasteiger partial charge in [0.1, 0.15) is 0 Å². The number of para-hydroxylation sites is 1. The zero-order valence-corrected chi connectivity index (χ0v) is 11.3. The highest BCUT2D eigenvalue weighted by Gasteiger charge is 2.17. The smallest absolute Gasteiger partial charge is 0.241 e. The fourth-order valence-electron chi connectivity index (χ4n) is 2.52. The highest BCUT2D eigenvalue weighted by Crippen LogP contribution is 2.21. The van der Waals surface area contributed by atoms with Crippen LogP contribution >= 0.6 is 0 Å². The number of likely N-dealkylation sites (tertiary alicyclic amines) is 1. The molecule has 1 heterocycles. The van der Waals surface area contributed by atoms with E-state index in [2.05, 4.69) is 37.4 Å². The van der Waals surface area contributed by atoms with Crippen molar-refractivity contribution in [3.63, 3.8) is 0 Å². The normalized spacial score (nSPS) is 14.9. The van der Waals surface area contributed by atoms with Crippen molar-refractivity contribution in [2.24, 2.45) is 0 Å². The zero-order chi connectivity index (χ0) is 13.0. The van der Waals surface area contributed by atoms with E-state index in [9.17, 15) is 4.79 Å². The third-order valence-corrected chi connectivity index (χ3v) is 3.62. The number of nitrogens with one attached hydrogen (secondary N) is 1. The van der Waals surface area contributed by atoms with Crippen LogP contribution in [-0.2, 0) is 11.2 Å². The maximum atomic E-state index is 12.0. The molecule has 0 aliphatic carbocycles. The SMILES string of the molecule is CCc1cccc(C)c1NCC(=O)N1CCCC1. The van der Waals surface area contributed by atoms with Crippen molar-refractivity contribution in [2.45, 2.75) is 33.1 Å². The van der Waals surface area contributed by atoms with Crippen LogP contribution < -0.4 is 5.32 Å². The summed E-state index contributed by atoms with van der Waals surface area (Å²) in [5, 5.41) is 3.32. The van der Waals surface area contributed by atoms with Gasteiger partial charge in [-0.2, -0.15) is 0 Å². The van der Waals surface area contributed by atoms with Gasteiger partial charge in [-0.15, -0.1) is 0 Å².